The molecule has 9 heteroatoms. The van der Waals surface area contributed by atoms with Gasteiger partial charge in [0, 0.05) is 36.8 Å². The average molecular weight is 481 g/mol. The Morgan fingerprint density at radius 3 is 2.79 bits per heavy atom. The van der Waals surface area contributed by atoms with Crippen molar-refractivity contribution in [1.82, 2.24) is 19.6 Å². The zero-order chi connectivity index (χ0) is 23.1. The summed E-state index contributed by atoms with van der Waals surface area (Å²) in [6.45, 7) is 4.42. The Hall–Kier alpha value is -2.65. The van der Waals surface area contributed by atoms with E-state index in [1.54, 1.807) is 0 Å². The number of amides is 1. The fraction of sp³-hybridized carbons (Fsp3) is 0.417. The number of nitrogens with one attached hydrogen (secondary N) is 1. The fourth-order valence-corrected chi connectivity index (χ4v) is 6.53. The number of nitrogens with zero attached hydrogens (tertiary/aromatic N) is 5. The summed E-state index contributed by atoms with van der Waals surface area (Å²) in [7, 11) is 3.99. The first-order valence-corrected chi connectivity index (χ1v) is 13.1. The second-order valence-corrected chi connectivity index (χ2v) is 10.9. The van der Waals surface area contributed by atoms with E-state index in [1.165, 1.54) is 28.6 Å². The molecular formula is C24H28N6OS2. The second-order valence-electron chi connectivity index (χ2n) is 8.83. The minimum Gasteiger partial charge on any atom is -0.378 e. The number of thiophene rings is 1. The van der Waals surface area contributed by atoms with Crippen molar-refractivity contribution in [3.63, 3.8) is 0 Å². The fourth-order valence-electron chi connectivity index (χ4n) is 4.38. The van der Waals surface area contributed by atoms with E-state index in [0.717, 1.165) is 57.5 Å². The van der Waals surface area contributed by atoms with Crippen LogP contribution in [0.2, 0.25) is 0 Å². The number of thioether (sulfide) groups is 1. The van der Waals surface area contributed by atoms with Gasteiger partial charge in [0.05, 0.1) is 11.1 Å². The van der Waals surface area contributed by atoms with Crippen molar-refractivity contribution in [2.45, 2.75) is 44.7 Å². The molecule has 0 aliphatic heterocycles. The Morgan fingerprint density at radius 1 is 1.27 bits per heavy atom. The third-order valence-electron chi connectivity index (χ3n) is 6.15. The highest BCUT2D eigenvalue weighted by atomic mass is 32.2. The lowest BCUT2D eigenvalue weighted by molar-refractivity contribution is -0.113. The van der Waals surface area contributed by atoms with Gasteiger partial charge in [-0.2, -0.15) is 0 Å². The van der Waals surface area contributed by atoms with Gasteiger partial charge in [-0.25, -0.2) is 4.98 Å². The van der Waals surface area contributed by atoms with Gasteiger partial charge < -0.3 is 10.2 Å². The molecule has 0 saturated heterocycles. The van der Waals surface area contributed by atoms with E-state index < -0.39 is 0 Å². The maximum atomic E-state index is 12.6. The van der Waals surface area contributed by atoms with Gasteiger partial charge in [0.1, 0.15) is 10.7 Å². The van der Waals surface area contributed by atoms with Crippen LogP contribution >= 0.6 is 23.1 Å². The Bertz CT molecular complexity index is 1320. The molecule has 3 heterocycles. The molecule has 0 bridgehead atoms. The smallest absolute Gasteiger partial charge is 0.234 e. The lowest BCUT2D eigenvalue weighted by atomic mass is 9.89. The summed E-state index contributed by atoms with van der Waals surface area (Å²) in [6.07, 6.45) is 4.17. The number of hydrogen-bond donors (Lipinski definition) is 1. The van der Waals surface area contributed by atoms with Crippen LogP contribution < -0.4 is 10.2 Å². The van der Waals surface area contributed by atoms with Gasteiger partial charge in [0.25, 0.3) is 0 Å². The zero-order valence-electron chi connectivity index (χ0n) is 19.4. The Morgan fingerprint density at radius 2 is 2.06 bits per heavy atom. The highest BCUT2D eigenvalue weighted by molar-refractivity contribution is 7.99. The molecule has 3 aromatic heterocycles. The van der Waals surface area contributed by atoms with Crippen molar-refractivity contribution in [1.29, 1.82) is 0 Å². The van der Waals surface area contributed by atoms with Gasteiger partial charge in [-0.3, -0.25) is 9.20 Å². The number of fused-ring (bicyclic) bond motifs is 5. The normalized spacial score (nSPS) is 15.7. The van der Waals surface area contributed by atoms with Crippen LogP contribution in [0.15, 0.2) is 29.4 Å². The lowest BCUT2D eigenvalue weighted by Gasteiger charge is -2.17. The molecule has 0 saturated carbocycles. The summed E-state index contributed by atoms with van der Waals surface area (Å²) < 4.78 is 2.05. The van der Waals surface area contributed by atoms with Gasteiger partial charge in [0.15, 0.2) is 10.8 Å². The molecule has 1 amide bonds. The highest BCUT2D eigenvalue weighted by Gasteiger charge is 2.25. The minimum atomic E-state index is -0.0664. The van der Waals surface area contributed by atoms with Crippen LogP contribution in [0.4, 0.5) is 11.4 Å². The predicted molar refractivity (Wildman–Crippen MR) is 137 cm³/mol. The third-order valence-corrected chi connectivity index (χ3v) is 8.23. The van der Waals surface area contributed by atoms with Gasteiger partial charge in [-0.05, 0) is 55.0 Å². The molecule has 0 fully saturated rings. The van der Waals surface area contributed by atoms with Gasteiger partial charge in [-0.1, -0.05) is 25.6 Å². The molecule has 1 atom stereocenters. The quantitative estimate of drug-likeness (QED) is 0.399. The van der Waals surface area contributed by atoms with Crippen LogP contribution in [0, 0.1) is 5.92 Å². The van der Waals surface area contributed by atoms with Crippen LogP contribution in [-0.4, -0.2) is 45.3 Å². The molecule has 1 aliphatic rings. The maximum Gasteiger partial charge on any atom is 0.234 e. The van der Waals surface area contributed by atoms with Gasteiger partial charge in [0.2, 0.25) is 5.91 Å². The number of anilines is 2. The van der Waals surface area contributed by atoms with Crippen LogP contribution in [0.5, 0.6) is 0 Å². The molecule has 1 aromatic carbocycles. The van der Waals surface area contributed by atoms with E-state index in [4.69, 9.17) is 4.98 Å². The number of aromatic nitrogens is 4. The van der Waals surface area contributed by atoms with E-state index in [2.05, 4.69) is 33.8 Å². The summed E-state index contributed by atoms with van der Waals surface area (Å²) in [4.78, 5) is 22.1. The number of aryl methyl sites for hydroxylation is 2. The topological polar surface area (TPSA) is 75.4 Å². The summed E-state index contributed by atoms with van der Waals surface area (Å²) in [5, 5.41) is 13.9. The van der Waals surface area contributed by atoms with Crippen LogP contribution in [0.1, 0.15) is 36.5 Å². The molecule has 0 spiro atoms. The molecule has 7 nitrogen and oxygen atoms in total. The molecule has 172 valence electrons. The third kappa shape index (κ3) is 4.19. The van der Waals surface area contributed by atoms with Gasteiger partial charge in [-0.15, -0.1) is 21.5 Å². The van der Waals surface area contributed by atoms with Crippen LogP contribution in [-0.2, 0) is 24.1 Å². The number of hydrogen-bond acceptors (Lipinski definition) is 7. The van der Waals surface area contributed by atoms with Crippen molar-refractivity contribution in [2.24, 2.45) is 5.92 Å². The van der Waals surface area contributed by atoms with Crippen LogP contribution in [0.3, 0.4) is 0 Å². The SMILES string of the molecule is CCc1nc2sc3c(c2c2nnc(SCC(=O)Nc4ccc(N(C)C)cc4)n12)CC[C@@H](C)C3. The first-order chi connectivity index (χ1) is 15.9. The molecule has 5 rings (SSSR count). The van der Waals surface area contributed by atoms with E-state index >= 15 is 0 Å². The first-order valence-electron chi connectivity index (χ1n) is 11.3. The second kappa shape index (κ2) is 8.95. The molecule has 0 radical (unpaired) electrons. The minimum absolute atomic E-state index is 0.0664. The number of rotatable bonds is 6. The van der Waals surface area contributed by atoms with Crippen molar-refractivity contribution in [3.8, 4) is 0 Å². The number of carbonyl (C=O) groups excluding carboxylic acids is 1. The van der Waals surface area contributed by atoms with E-state index in [-0.39, 0.29) is 11.7 Å². The molecule has 33 heavy (non-hydrogen) atoms. The van der Waals surface area contributed by atoms with Gasteiger partial charge >= 0.3 is 0 Å². The molecule has 1 N–H and O–H groups in total. The molecule has 1 aliphatic carbocycles. The number of benzene rings is 1. The van der Waals surface area contributed by atoms with Crippen molar-refractivity contribution >= 4 is 56.2 Å². The monoisotopic (exact) mass is 480 g/mol. The number of carbonyl (C=O) groups is 1. The molecular weight excluding hydrogens is 452 g/mol. The van der Waals surface area contributed by atoms with E-state index in [0.29, 0.717) is 5.92 Å². The Balaban J connectivity index is 1.39. The summed E-state index contributed by atoms with van der Waals surface area (Å²) in [5.74, 6) is 1.85. The van der Waals surface area contributed by atoms with E-state index in [1.807, 2.05) is 54.6 Å². The van der Waals surface area contributed by atoms with Crippen molar-refractivity contribution < 1.29 is 4.79 Å². The van der Waals surface area contributed by atoms with Crippen LogP contribution in [0.25, 0.3) is 15.9 Å². The average Bonchev–Trinajstić information content (AvgIpc) is 3.38. The standard InChI is InChI=1S/C24H28N6OS2/c1-5-19-26-23-21(17-11-6-14(2)12-18(17)33-23)22-27-28-24(30(19)22)32-13-20(31)25-15-7-9-16(10-8-15)29(3)4/h7-10,14H,5-6,11-13H2,1-4H3,(H,25,31)/t14-/m1/s1. The maximum absolute atomic E-state index is 12.6. The van der Waals surface area contributed by atoms with Crippen molar-refractivity contribution in [3.05, 3.63) is 40.5 Å². The lowest BCUT2D eigenvalue weighted by Crippen LogP contribution is -2.15. The summed E-state index contributed by atoms with van der Waals surface area (Å²) in [5.41, 5.74) is 4.16. The summed E-state index contributed by atoms with van der Waals surface area (Å²) >= 11 is 3.22. The zero-order valence-corrected chi connectivity index (χ0v) is 21.0. The Kier molecular flexibility index (Phi) is 6.01. The first kappa shape index (κ1) is 22.2. The highest BCUT2D eigenvalue weighted by Crippen LogP contribution is 2.39. The van der Waals surface area contributed by atoms with Crippen molar-refractivity contribution in [2.75, 3.05) is 30.1 Å². The predicted octanol–water partition coefficient (Wildman–Crippen LogP) is 4.82. The largest absolute Gasteiger partial charge is 0.378 e. The summed E-state index contributed by atoms with van der Waals surface area (Å²) in [6, 6.07) is 7.81. The molecule has 4 aromatic rings. The molecule has 0 unspecified atom stereocenters. The van der Waals surface area contributed by atoms with E-state index in [9.17, 15) is 4.79 Å². The Labute approximate surface area is 201 Å².